The van der Waals surface area contributed by atoms with Crippen molar-refractivity contribution in [1.29, 1.82) is 0 Å². The van der Waals surface area contributed by atoms with Gasteiger partial charge in [0.25, 0.3) is 0 Å². The van der Waals surface area contributed by atoms with Gasteiger partial charge in [-0.25, -0.2) is 0 Å². The molecule has 0 aliphatic heterocycles. The summed E-state index contributed by atoms with van der Waals surface area (Å²) in [5, 5.41) is 0. The van der Waals surface area contributed by atoms with Crippen molar-refractivity contribution in [3.8, 4) is 0 Å². The van der Waals surface area contributed by atoms with Crippen LogP contribution in [-0.2, 0) is 9.53 Å². The molecular formula is C61H122O2. The van der Waals surface area contributed by atoms with Gasteiger partial charge in [-0.3, -0.25) is 4.79 Å². The maximum absolute atomic E-state index is 12.1. The minimum atomic E-state index is 0.0368. The maximum atomic E-state index is 12.1. The zero-order valence-electron chi connectivity index (χ0n) is 44.3. The molecule has 0 N–H and O–H groups in total. The van der Waals surface area contributed by atoms with E-state index < -0.39 is 0 Å². The van der Waals surface area contributed by atoms with Gasteiger partial charge in [-0.2, -0.15) is 0 Å². The molecule has 2 heteroatoms. The van der Waals surface area contributed by atoms with Gasteiger partial charge in [0.1, 0.15) is 0 Å². The fourth-order valence-corrected chi connectivity index (χ4v) is 9.97. The predicted molar refractivity (Wildman–Crippen MR) is 285 cm³/mol. The average molecular weight is 888 g/mol. The third kappa shape index (κ3) is 59.5. The quantitative estimate of drug-likeness (QED) is 0.0449. The minimum Gasteiger partial charge on any atom is -0.466 e. The van der Waals surface area contributed by atoms with E-state index in [4.69, 9.17) is 4.74 Å². The average Bonchev–Trinajstić information content (AvgIpc) is 3.29. The van der Waals surface area contributed by atoms with Crippen LogP contribution >= 0.6 is 0 Å². The molecule has 0 radical (unpaired) electrons. The summed E-state index contributed by atoms with van der Waals surface area (Å²) in [6.45, 7) is 5.25. The highest BCUT2D eigenvalue weighted by Crippen LogP contribution is 2.19. The summed E-state index contributed by atoms with van der Waals surface area (Å²) < 4.78 is 5.52. The molecule has 63 heavy (non-hydrogen) atoms. The lowest BCUT2D eigenvalue weighted by molar-refractivity contribution is -0.143. The monoisotopic (exact) mass is 887 g/mol. The molecule has 0 fully saturated rings. The number of hydrogen-bond acceptors (Lipinski definition) is 2. The van der Waals surface area contributed by atoms with E-state index in [1.807, 2.05) is 0 Å². The molecule has 0 rings (SSSR count). The van der Waals surface area contributed by atoms with Gasteiger partial charge >= 0.3 is 5.97 Å². The molecule has 0 aromatic heterocycles. The Balaban J connectivity index is 3.14. The third-order valence-electron chi connectivity index (χ3n) is 14.5. The van der Waals surface area contributed by atoms with Gasteiger partial charge in [0.2, 0.25) is 0 Å². The zero-order valence-corrected chi connectivity index (χ0v) is 44.3. The van der Waals surface area contributed by atoms with Crippen molar-refractivity contribution in [2.75, 3.05) is 6.61 Å². The van der Waals surface area contributed by atoms with E-state index in [1.165, 1.54) is 347 Å². The summed E-state index contributed by atoms with van der Waals surface area (Å²) in [7, 11) is 0. The molecule has 0 saturated carbocycles. The van der Waals surface area contributed by atoms with Crippen LogP contribution in [0.3, 0.4) is 0 Å². The number of unbranched alkanes of at least 4 members (excludes halogenated alkanes) is 54. The van der Waals surface area contributed by atoms with E-state index in [0.717, 1.165) is 12.8 Å². The lowest BCUT2D eigenvalue weighted by atomic mass is 10.0. The van der Waals surface area contributed by atoms with Gasteiger partial charge < -0.3 is 4.74 Å². The van der Waals surface area contributed by atoms with Crippen LogP contribution in [0.5, 0.6) is 0 Å². The van der Waals surface area contributed by atoms with E-state index in [1.54, 1.807) is 0 Å². The Morgan fingerprint density at radius 2 is 0.349 bits per heavy atom. The molecule has 2 nitrogen and oxygen atoms in total. The molecule has 0 spiro atoms. The molecule has 0 heterocycles. The van der Waals surface area contributed by atoms with Crippen molar-refractivity contribution < 1.29 is 9.53 Å². The molecule has 0 atom stereocenters. The molecule has 0 aromatic rings. The van der Waals surface area contributed by atoms with Crippen LogP contribution < -0.4 is 0 Å². The summed E-state index contributed by atoms with van der Waals surface area (Å²) in [6, 6.07) is 0. The largest absolute Gasteiger partial charge is 0.466 e. The highest BCUT2D eigenvalue weighted by molar-refractivity contribution is 5.69. The van der Waals surface area contributed by atoms with E-state index in [2.05, 4.69) is 13.8 Å². The van der Waals surface area contributed by atoms with E-state index in [0.29, 0.717) is 13.0 Å². The Morgan fingerprint density at radius 1 is 0.206 bits per heavy atom. The number of carbonyl (C=O) groups is 1. The first kappa shape index (κ1) is 62.5. The number of ether oxygens (including phenoxy) is 1. The molecule has 0 aliphatic rings. The van der Waals surface area contributed by atoms with Crippen molar-refractivity contribution >= 4 is 5.97 Å². The van der Waals surface area contributed by atoms with Crippen molar-refractivity contribution in [2.24, 2.45) is 0 Å². The zero-order chi connectivity index (χ0) is 45.3. The molecular weight excluding hydrogens is 765 g/mol. The Kier molecular flexibility index (Phi) is 59.0. The second-order valence-electron chi connectivity index (χ2n) is 21.1. The Bertz CT molecular complexity index is 792. The predicted octanol–water partition coefficient (Wildman–Crippen LogP) is 22.8. The summed E-state index contributed by atoms with van der Waals surface area (Å²) >= 11 is 0. The van der Waals surface area contributed by atoms with E-state index >= 15 is 0 Å². The summed E-state index contributed by atoms with van der Waals surface area (Å²) in [5.41, 5.74) is 0. The van der Waals surface area contributed by atoms with Crippen LogP contribution in [0, 0.1) is 0 Å². The third-order valence-corrected chi connectivity index (χ3v) is 14.5. The highest BCUT2D eigenvalue weighted by Gasteiger charge is 2.03. The standard InChI is InChI=1S/C61H122O2/c1-3-5-7-9-11-13-15-17-19-21-23-25-27-29-30-31-32-33-34-35-37-39-41-43-45-47-49-51-53-55-57-59-61(62)63-60-58-56-54-52-50-48-46-44-42-40-38-36-28-26-24-22-20-18-16-14-12-10-8-6-4-2/h3-60H2,1-2H3. The smallest absolute Gasteiger partial charge is 0.305 e. The van der Waals surface area contributed by atoms with Gasteiger partial charge in [-0.15, -0.1) is 0 Å². The van der Waals surface area contributed by atoms with Crippen LogP contribution in [0.1, 0.15) is 380 Å². The van der Waals surface area contributed by atoms with Crippen molar-refractivity contribution in [3.63, 3.8) is 0 Å². The molecule has 0 aliphatic carbocycles. The Hall–Kier alpha value is -0.530. The van der Waals surface area contributed by atoms with Gasteiger partial charge in [0.15, 0.2) is 0 Å². The first-order chi connectivity index (χ1) is 31.3. The summed E-state index contributed by atoms with van der Waals surface area (Å²) in [4.78, 5) is 12.1. The van der Waals surface area contributed by atoms with Crippen LogP contribution in [0.4, 0.5) is 0 Å². The highest BCUT2D eigenvalue weighted by atomic mass is 16.5. The second-order valence-corrected chi connectivity index (χ2v) is 21.1. The molecule has 0 aromatic carbocycles. The van der Waals surface area contributed by atoms with Gasteiger partial charge in [0.05, 0.1) is 6.61 Å². The number of hydrogen-bond donors (Lipinski definition) is 0. The van der Waals surface area contributed by atoms with Gasteiger partial charge in [-0.05, 0) is 12.8 Å². The minimum absolute atomic E-state index is 0.0368. The molecule has 0 unspecified atom stereocenters. The second kappa shape index (κ2) is 59.5. The number of rotatable bonds is 58. The summed E-state index contributed by atoms with van der Waals surface area (Å²) in [6.07, 6.45) is 80.2. The van der Waals surface area contributed by atoms with Crippen LogP contribution in [0.2, 0.25) is 0 Å². The normalized spacial score (nSPS) is 11.6. The fraction of sp³-hybridized carbons (Fsp3) is 0.984. The Labute approximate surface area is 400 Å². The first-order valence-corrected chi connectivity index (χ1v) is 30.5. The van der Waals surface area contributed by atoms with Gasteiger partial charge in [0, 0.05) is 6.42 Å². The molecule has 0 bridgehead atoms. The molecule has 0 saturated heterocycles. The van der Waals surface area contributed by atoms with Crippen molar-refractivity contribution in [2.45, 2.75) is 380 Å². The van der Waals surface area contributed by atoms with Crippen LogP contribution in [-0.4, -0.2) is 12.6 Å². The van der Waals surface area contributed by atoms with E-state index in [9.17, 15) is 4.79 Å². The number of carbonyl (C=O) groups excluding carboxylic acids is 1. The van der Waals surface area contributed by atoms with E-state index in [-0.39, 0.29) is 5.97 Å². The number of esters is 1. The molecule has 378 valence electrons. The lowest BCUT2D eigenvalue weighted by Crippen LogP contribution is -2.05. The summed E-state index contributed by atoms with van der Waals surface area (Å²) in [5.74, 6) is 0.0368. The van der Waals surface area contributed by atoms with Crippen molar-refractivity contribution in [3.05, 3.63) is 0 Å². The van der Waals surface area contributed by atoms with Crippen LogP contribution in [0.15, 0.2) is 0 Å². The van der Waals surface area contributed by atoms with Crippen LogP contribution in [0.25, 0.3) is 0 Å². The van der Waals surface area contributed by atoms with Crippen molar-refractivity contribution in [1.82, 2.24) is 0 Å². The van der Waals surface area contributed by atoms with Gasteiger partial charge in [-0.1, -0.05) is 361 Å². The Morgan fingerprint density at radius 3 is 0.524 bits per heavy atom. The lowest BCUT2D eigenvalue weighted by Gasteiger charge is -2.06. The SMILES string of the molecule is CCCCCCCCCCCCCCCCCCCCCCCCCCCCCCCCCC(=O)OCCCCCCCCCCCCCCCCCCCCCCCCCCC. The first-order valence-electron chi connectivity index (χ1n) is 30.5. The topological polar surface area (TPSA) is 26.3 Å². The fourth-order valence-electron chi connectivity index (χ4n) is 9.97. The maximum Gasteiger partial charge on any atom is 0.305 e. The molecule has 0 amide bonds.